The molecule has 0 aromatic heterocycles. The molecule has 19 heteroatoms. The summed E-state index contributed by atoms with van der Waals surface area (Å²) in [5.41, 5.74) is -3.29. The molecular formula is C31H33F8N3O7S. The van der Waals surface area contributed by atoms with E-state index < -0.39 is 112 Å². The third-order valence-electron chi connectivity index (χ3n) is 8.11. The van der Waals surface area contributed by atoms with Crippen LogP contribution in [-0.2, 0) is 42.4 Å². The molecule has 6 atom stereocenters. The molecule has 0 radical (unpaired) electrons. The number of amides is 3. The molecule has 1 fully saturated rings. The van der Waals surface area contributed by atoms with Crippen LogP contribution in [0.5, 0.6) is 5.75 Å². The first-order chi connectivity index (χ1) is 23.0. The quantitative estimate of drug-likeness (QED) is 0.210. The van der Waals surface area contributed by atoms with Crippen molar-refractivity contribution in [2.24, 2.45) is 11.8 Å². The van der Waals surface area contributed by atoms with Gasteiger partial charge in [-0.25, -0.2) is 4.21 Å². The third kappa shape index (κ3) is 8.96. The highest BCUT2D eigenvalue weighted by Gasteiger charge is 2.51. The van der Waals surface area contributed by atoms with E-state index in [1.165, 1.54) is 45.2 Å². The SMILES string of the molecule is COc1ccc(C([C@@H]2C[C@@H](C(=O)N[C@H](C(=O)C(F)(F)F)C(C)C)N(C(=O)[C@H](C)NC(=O)C(F)(F)c3ccccc3C(F)(F)F)C2)S(=O)O)cc1. The summed E-state index contributed by atoms with van der Waals surface area (Å²) in [6.45, 7) is 2.73. The summed E-state index contributed by atoms with van der Waals surface area (Å²) in [7, 11) is 1.36. The highest BCUT2D eigenvalue weighted by Crippen LogP contribution is 2.41. The van der Waals surface area contributed by atoms with Crippen LogP contribution in [0.3, 0.4) is 0 Å². The average molecular weight is 744 g/mol. The summed E-state index contributed by atoms with van der Waals surface area (Å²) < 4.78 is 138. The molecule has 2 aromatic rings. The first-order valence-electron chi connectivity index (χ1n) is 14.8. The number of nitrogens with zero attached hydrogens (tertiary/aromatic N) is 1. The summed E-state index contributed by atoms with van der Waals surface area (Å²) in [4.78, 5) is 52.6. The zero-order valence-electron chi connectivity index (χ0n) is 26.8. The monoisotopic (exact) mass is 743 g/mol. The van der Waals surface area contributed by atoms with E-state index in [2.05, 4.69) is 0 Å². The van der Waals surface area contributed by atoms with Crippen LogP contribution in [0.15, 0.2) is 48.5 Å². The molecule has 276 valence electrons. The Bertz CT molecular complexity index is 1600. The zero-order chi connectivity index (χ0) is 37.9. The number of carbonyl (C=O) groups excluding carboxylic acids is 4. The molecule has 3 rings (SSSR count). The van der Waals surface area contributed by atoms with Gasteiger partial charge in [0, 0.05) is 12.1 Å². The summed E-state index contributed by atoms with van der Waals surface area (Å²) in [6, 6.07) is 2.27. The van der Waals surface area contributed by atoms with E-state index in [-0.39, 0.29) is 5.56 Å². The Labute approximate surface area is 283 Å². The number of nitrogens with one attached hydrogen (secondary N) is 2. The summed E-state index contributed by atoms with van der Waals surface area (Å²) >= 11 is -2.68. The fourth-order valence-electron chi connectivity index (χ4n) is 5.61. The predicted molar refractivity (Wildman–Crippen MR) is 161 cm³/mol. The van der Waals surface area contributed by atoms with Gasteiger partial charge in [0.25, 0.3) is 11.7 Å². The maximum atomic E-state index is 15.1. The Hall–Kier alpha value is -4.13. The molecule has 2 unspecified atom stereocenters. The molecule has 1 aliphatic rings. The van der Waals surface area contributed by atoms with Crippen LogP contribution in [0.2, 0.25) is 0 Å². The number of rotatable bonds is 12. The summed E-state index contributed by atoms with van der Waals surface area (Å²) in [5, 5.41) is 2.28. The van der Waals surface area contributed by atoms with Gasteiger partial charge in [0.15, 0.2) is 11.1 Å². The molecular weight excluding hydrogens is 710 g/mol. The van der Waals surface area contributed by atoms with Gasteiger partial charge in [0.2, 0.25) is 11.8 Å². The van der Waals surface area contributed by atoms with Crippen LogP contribution >= 0.6 is 0 Å². The van der Waals surface area contributed by atoms with Gasteiger partial charge < -0.3 is 24.8 Å². The maximum Gasteiger partial charge on any atom is 0.452 e. The highest BCUT2D eigenvalue weighted by molar-refractivity contribution is 7.79. The van der Waals surface area contributed by atoms with E-state index in [0.29, 0.717) is 22.8 Å². The van der Waals surface area contributed by atoms with Crippen molar-refractivity contribution in [1.29, 1.82) is 0 Å². The Morgan fingerprint density at radius 2 is 1.46 bits per heavy atom. The number of ether oxygens (including phenoxy) is 1. The number of carbonyl (C=O) groups is 4. The fourth-order valence-corrected chi connectivity index (χ4v) is 6.53. The lowest BCUT2D eigenvalue weighted by molar-refractivity contribution is -0.175. The Kier molecular flexibility index (Phi) is 12.4. The molecule has 3 N–H and O–H groups in total. The number of hydrogen-bond donors (Lipinski definition) is 3. The van der Waals surface area contributed by atoms with E-state index >= 15 is 8.78 Å². The number of hydrogen-bond acceptors (Lipinski definition) is 6. The van der Waals surface area contributed by atoms with E-state index in [0.717, 1.165) is 19.1 Å². The Morgan fingerprint density at radius 3 is 1.94 bits per heavy atom. The zero-order valence-corrected chi connectivity index (χ0v) is 27.6. The number of alkyl halides is 8. The van der Waals surface area contributed by atoms with Gasteiger partial charge in [-0.3, -0.25) is 19.2 Å². The number of benzene rings is 2. The second-order valence-electron chi connectivity index (χ2n) is 11.9. The van der Waals surface area contributed by atoms with E-state index in [1.807, 2.05) is 5.32 Å². The number of halogens is 8. The van der Waals surface area contributed by atoms with Crippen molar-refractivity contribution in [3.8, 4) is 5.75 Å². The Balaban J connectivity index is 1.98. The standard InChI is InChI=1S/C31H33F8N3O7S/c1-15(2)23(25(43)31(37,38)39)41-26(44)22-13-18(24(50(47)48)17-9-11-19(49-4)12-10-17)14-42(22)27(45)16(3)40-28(46)29(32,33)20-7-5-6-8-21(20)30(34,35)36/h5-12,15-16,18,22-24H,13-14H2,1-4H3,(H,40,46)(H,41,44)(H,47,48)/t16-,18+,22-,23-,24?/m0/s1. The molecule has 0 spiro atoms. The molecule has 10 nitrogen and oxygen atoms in total. The lowest BCUT2D eigenvalue weighted by Crippen LogP contribution is -2.57. The molecule has 0 saturated carbocycles. The number of likely N-dealkylation sites (tertiary alicyclic amines) is 1. The van der Waals surface area contributed by atoms with Crippen molar-refractivity contribution in [1.82, 2.24) is 15.5 Å². The van der Waals surface area contributed by atoms with E-state index in [1.54, 1.807) is 5.32 Å². The highest BCUT2D eigenvalue weighted by atomic mass is 32.2. The average Bonchev–Trinajstić information content (AvgIpc) is 3.46. The minimum Gasteiger partial charge on any atom is -0.497 e. The largest absolute Gasteiger partial charge is 0.497 e. The van der Waals surface area contributed by atoms with Gasteiger partial charge >= 0.3 is 18.3 Å². The molecule has 1 saturated heterocycles. The van der Waals surface area contributed by atoms with Crippen molar-refractivity contribution >= 4 is 34.6 Å². The third-order valence-corrected chi connectivity index (χ3v) is 9.20. The van der Waals surface area contributed by atoms with Crippen LogP contribution in [0.4, 0.5) is 35.1 Å². The first-order valence-corrected chi connectivity index (χ1v) is 16.0. The van der Waals surface area contributed by atoms with Crippen molar-refractivity contribution in [3.63, 3.8) is 0 Å². The van der Waals surface area contributed by atoms with Gasteiger partial charge in [-0.05, 0) is 48.9 Å². The van der Waals surface area contributed by atoms with Gasteiger partial charge in [0.05, 0.1) is 24.0 Å². The topological polar surface area (TPSA) is 142 Å². The summed E-state index contributed by atoms with van der Waals surface area (Å²) in [5.74, 6) is -13.8. The minimum absolute atomic E-state index is 0.224. The van der Waals surface area contributed by atoms with E-state index in [9.17, 15) is 54.3 Å². The molecule has 50 heavy (non-hydrogen) atoms. The minimum atomic E-state index is -5.36. The van der Waals surface area contributed by atoms with Crippen molar-refractivity contribution in [2.75, 3.05) is 13.7 Å². The number of ketones is 1. The van der Waals surface area contributed by atoms with Gasteiger partial charge in [0.1, 0.15) is 17.8 Å². The Morgan fingerprint density at radius 1 is 0.900 bits per heavy atom. The predicted octanol–water partition coefficient (Wildman–Crippen LogP) is 4.76. The van der Waals surface area contributed by atoms with Gasteiger partial charge in [-0.15, -0.1) is 0 Å². The van der Waals surface area contributed by atoms with Crippen LogP contribution in [0, 0.1) is 11.8 Å². The van der Waals surface area contributed by atoms with Crippen LogP contribution in [0.1, 0.15) is 49.1 Å². The normalized spacial score (nSPS) is 19.4. The summed E-state index contributed by atoms with van der Waals surface area (Å²) in [6.07, 6.45) is -11.1. The van der Waals surface area contributed by atoms with Crippen molar-refractivity contribution < 1.29 is 67.8 Å². The van der Waals surface area contributed by atoms with Gasteiger partial charge in [-0.1, -0.05) is 44.2 Å². The first kappa shape index (κ1) is 40.3. The maximum absolute atomic E-state index is 15.1. The molecule has 2 aromatic carbocycles. The number of methoxy groups -OCH3 is 1. The van der Waals surface area contributed by atoms with Crippen molar-refractivity contribution in [2.45, 2.75) is 68.8 Å². The lowest BCUT2D eigenvalue weighted by atomic mass is 9.95. The molecule has 0 bridgehead atoms. The van der Waals surface area contributed by atoms with Gasteiger partial charge in [-0.2, -0.15) is 35.1 Å². The second kappa shape index (κ2) is 15.4. The number of Topliss-reactive ketones (excluding diaryl/α,β-unsaturated/α-hetero) is 1. The smallest absolute Gasteiger partial charge is 0.452 e. The second-order valence-corrected chi connectivity index (χ2v) is 12.9. The molecule has 1 heterocycles. The van der Waals surface area contributed by atoms with Crippen LogP contribution in [0.25, 0.3) is 0 Å². The lowest BCUT2D eigenvalue weighted by Gasteiger charge is -2.30. The van der Waals surface area contributed by atoms with Crippen molar-refractivity contribution in [3.05, 3.63) is 65.2 Å². The fraction of sp³-hybridized carbons (Fsp3) is 0.484. The van der Waals surface area contributed by atoms with Crippen LogP contribution in [-0.4, -0.2) is 75.1 Å². The molecule has 0 aliphatic carbocycles. The molecule has 3 amide bonds. The van der Waals surface area contributed by atoms with E-state index in [4.69, 9.17) is 4.74 Å². The molecule has 1 aliphatic heterocycles. The van der Waals surface area contributed by atoms with Crippen LogP contribution < -0.4 is 15.4 Å².